The summed E-state index contributed by atoms with van der Waals surface area (Å²) in [5.41, 5.74) is 1.76. The minimum atomic E-state index is -0.0986. The smallest absolute Gasteiger partial charge is 0.314 e. The van der Waals surface area contributed by atoms with Gasteiger partial charge in [-0.2, -0.15) is 5.10 Å². The first-order chi connectivity index (χ1) is 12.8. The molecule has 4 rings (SSSR count). The van der Waals surface area contributed by atoms with Crippen molar-refractivity contribution in [3.63, 3.8) is 0 Å². The summed E-state index contributed by atoms with van der Waals surface area (Å²) in [7, 11) is 0. The summed E-state index contributed by atoms with van der Waals surface area (Å²) < 4.78 is 0. The van der Waals surface area contributed by atoms with Crippen LogP contribution in [0.15, 0.2) is 60.7 Å². The number of para-hydroxylation sites is 1. The summed E-state index contributed by atoms with van der Waals surface area (Å²) in [5.74, 6) is 1.40. The second-order valence-electron chi connectivity index (χ2n) is 6.41. The minimum Gasteiger partial charge on any atom is -0.314 e. The van der Waals surface area contributed by atoms with Crippen molar-refractivity contribution >= 4 is 11.7 Å². The quantitative estimate of drug-likeness (QED) is 0.744. The maximum atomic E-state index is 12.8. The molecule has 0 saturated carbocycles. The molecule has 1 saturated heterocycles. The van der Waals surface area contributed by atoms with E-state index in [9.17, 15) is 4.79 Å². The number of hydrogen-bond acceptors (Lipinski definition) is 3. The maximum Gasteiger partial charge on any atom is 0.322 e. The highest BCUT2D eigenvalue weighted by Gasteiger charge is 2.30. The molecule has 2 amide bonds. The highest BCUT2D eigenvalue weighted by atomic mass is 16.2. The van der Waals surface area contributed by atoms with Gasteiger partial charge in [-0.25, -0.2) is 9.78 Å². The van der Waals surface area contributed by atoms with Crippen LogP contribution >= 0.6 is 0 Å². The highest BCUT2D eigenvalue weighted by molar-refractivity contribution is 5.89. The number of anilines is 1. The van der Waals surface area contributed by atoms with Crippen molar-refractivity contribution in [2.24, 2.45) is 0 Å². The topological polar surface area (TPSA) is 73.9 Å². The maximum absolute atomic E-state index is 12.8. The van der Waals surface area contributed by atoms with Crippen LogP contribution in [0.2, 0.25) is 0 Å². The van der Waals surface area contributed by atoms with E-state index in [-0.39, 0.29) is 12.1 Å². The van der Waals surface area contributed by atoms with Gasteiger partial charge in [0.1, 0.15) is 5.82 Å². The molecule has 0 aliphatic carbocycles. The molecule has 2 aromatic carbocycles. The normalized spacial score (nSPS) is 17.1. The van der Waals surface area contributed by atoms with E-state index >= 15 is 0 Å². The number of rotatable bonds is 3. The van der Waals surface area contributed by atoms with E-state index in [2.05, 4.69) is 20.5 Å². The Morgan fingerprint density at radius 2 is 1.77 bits per heavy atom. The van der Waals surface area contributed by atoms with Crippen molar-refractivity contribution < 1.29 is 4.79 Å². The number of carbonyl (C=O) groups is 1. The number of nitrogens with one attached hydrogen (secondary N) is 2. The third kappa shape index (κ3) is 3.44. The van der Waals surface area contributed by atoms with Crippen molar-refractivity contribution in [2.75, 3.05) is 11.9 Å². The molecule has 1 atom stereocenters. The van der Waals surface area contributed by atoms with E-state index in [1.165, 1.54) is 0 Å². The first kappa shape index (κ1) is 16.3. The molecule has 132 valence electrons. The van der Waals surface area contributed by atoms with Gasteiger partial charge in [0.25, 0.3) is 0 Å². The van der Waals surface area contributed by atoms with Crippen LogP contribution < -0.4 is 5.32 Å². The van der Waals surface area contributed by atoms with E-state index in [0.29, 0.717) is 12.4 Å². The van der Waals surface area contributed by atoms with Crippen molar-refractivity contribution in [2.45, 2.75) is 25.3 Å². The zero-order valence-corrected chi connectivity index (χ0v) is 14.4. The van der Waals surface area contributed by atoms with Gasteiger partial charge in [0, 0.05) is 17.8 Å². The van der Waals surface area contributed by atoms with Gasteiger partial charge >= 0.3 is 6.03 Å². The molecule has 6 nitrogen and oxygen atoms in total. The van der Waals surface area contributed by atoms with Crippen molar-refractivity contribution in [3.8, 4) is 11.4 Å². The first-order valence-corrected chi connectivity index (χ1v) is 8.91. The van der Waals surface area contributed by atoms with Crippen LogP contribution in [0, 0.1) is 0 Å². The van der Waals surface area contributed by atoms with Crippen molar-refractivity contribution in [1.29, 1.82) is 0 Å². The molecule has 3 aromatic rings. The summed E-state index contributed by atoms with van der Waals surface area (Å²) in [6.07, 6.45) is 2.95. The van der Waals surface area contributed by atoms with E-state index in [1.807, 2.05) is 65.6 Å². The van der Waals surface area contributed by atoms with Crippen LogP contribution in [0.3, 0.4) is 0 Å². The number of piperidine rings is 1. The summed E-state index contributed by atoms with van der Waals surface area (Å²) >= 11 is 0. The number of carbonyl (C=O) groups excluding carboxylic acids is 1. The van der Waals surface area contributed by atoms with Crippen LogP contribution in [-0.2, 0) is 0 Å². The molecule has 6 heteroatoms. The Morgan fingerprint density at radius 3 is 2.54 bits per heavy atom. The molecule has 0 bridgehead atoms. The zero-order valence-electron chi connectivity index (χ0n) is 14.4. The molecule has 1 aliphatic rings. The average Bonchev–Trinajstić information content (AvgIpc) is 3.19. The lowest BCUT2D eigenvalue weighted by molar-refractivity contribution is 0.159. The molecule has 1 aliphatic heterocycles. The molecule has 2 N–H and O–H groups in total. The number of nitrogens with zero attached hydrogens (tertiary/aromatic N) is 3. The van der Waals surface area contributed by atoms with Gasteiger partial charge in [-0.05, 0) is 31.4 Å². The molecule has 2 heterocycles. The number of hydrogen-bond donors (Lipinski definition) is 2. The Balaban J connectivity index is 1.54. The fraction of sp³-hybridized carbons (Fsp3) is 0.250. The molecule has 26 heavy (non-hydrogen) atoms. The molecule has 1 fully saturated rings. The van der Waals surface area contributed by atoms with Gasteiger partial charge in [0.15, 0.2) is 5.82 Å². The fourth-order valence-corrected chi connectivity index (χ4v) is 3.32. The summed E-state index contributed by atoms with van der Waals surface area (Å²) in [4.78, 5) is 19.3. The number of benzene rings is 2. The number of amides is 2. The van der Waals surface area contributed by atoms with Gasteiger partial charge < -0.3 is 10.2 Å². The van der Waals surface area contributed by atoms with Crippen molar-refractivity contribution in [3.05, 3.63) is 66.5 Å². The van der Waals surface area contributed by atoms with Crippen molar-refractivity contribution in [1.82, 2.24) is 20.1 Å². The molecular weight excluding hydrogens is 326 g/mol. The lowest BCUT2D eigenvalue weighted by Gasteiger charge is -2.34. The highest BCUT2D eigenvalue weighted by Crippen LogP contribution is 2.30. The zero-order chi connectivity index (χ0) is 17.8. The number of aromatic nitrogens is 3. The number of likely N-dealkylation sites (tertiary alicyclic amines) is 1. The second kappa shape index (κ2) is 7.39. The molecular formula is C20H21N5O. The Kier molecular flexibility index (Phi) is 4.64. The molecule has 0 spiro atoms. The number of H-pyrrole nitrogens is 1. The lowest BCUT2D eigenvalue weighted by atomic mass is 10.0. The van der Waals surface area contributed by atoms with Crippen LogP contribution in [0.25, 0.3) is 11.4 Å². The summed E-state index contributed by atoms with van der Waals surface area (Å²) in [6, 6.07) is 19.2. The first-order valence-electron chi connectivity index (χ1n) is 8.91. The SMILES string of the molecule is O=C(Nc1ccccc1)N1CCCCC1c1nc(-c2ccccc2)n[nH]1. The second-order valence-corrected chi connectivity index (χ2v) is 6.41. The average molecular weight is 347 g/mol. The van der Waals surface area contributed by atoms with Crippen LogP contribution in [-0.4, -0.2) is 32.7 Å². The van der Waals surface area contributed by atoms with Crippen LogP contribution in [0.4, 0.5) is 10.5 Å². The Morgan fingerprint density at radius 1 is 1.04 bits per heavy atom. The standard InChI is InChI=1S/C20H21N5O/c26-20(21-16-11-5-2-6-12-16)25-14-8-7-13-17(25)19-22-18(23-24-19)15-9-3-1-4-10-15/h1-6,9-12,17H,7-8,13-14H2,(H,21,26)(H,22,23,24). The monoisotopic (exact) mass is 347 g/mol. The summed E-state index contributed by atoms with van der Waals surface area (Å²) in [5, 5.41) is 10.4. The van der Waals surface area contributed by atoms with Crippen LogP contribution in [0.5, 0.6) is 0 Å². The molecule has 1 aromatic heterocycles. The summed E-state index contributed by atoms with van der Waals surface area (Å²) in [6.45, 7) is 0.713. The lowest BCUT2D eigenvalue weighted by Crippen LogP contribution is -2.41. The van der Waals surface area contributed by atoms with Gasteiger partial charge in [-0.3, -0.25) is 5.10 Å². The predicted molar refractivity (Wildman–Crippen MR) is 101 cm³/mol. The third-order valence-corrected chi connectivity index (χ3v) is 4.64. The Labute approximate surface area is 152 Å². The van der Waals surface area contributed by atoms with E-state index < -0.39 is 0 Å². The van der Waals surface area contributed by atoms with E-state index in [1.54, 1.807) is 0 Å². The molecule has 0 radical (unpaired) electrons. The van der Waals surface area contributed by atoms with E-state index in [0.717, 1.165) is 36.3 Å². The van der Waals surface area contributed by atoms with Gasteiger partial charge in [0.2, 0.25) is 0 Å². The predicted octanol–water partition coefficient (Wildman–Crippen LogP) is 4.23. The van der Waals surface area contributed by atoms with Gasteiger partial charge in [-0.15, -0.1) is 0 Å². The largest absolute Gasteiger partial charge is 0.322 e. The number of urea groups is 1. The molecule has 1 unspecified atom stereocenters. The van der Waals surface area contributed by atoms with Crippen LogP contribution in [0.1, 0.15) is 31.1 Å². The Hall–Kier alpha value is -3.15. The van der Waals surface area contributed by atoms with Gasteiger partial charge in [-0.1, -0.05) is 48.5 Å². The van der Waals surface area contributed by atoms with Gasteiger partial charge in [0.05, 0.1) is 6.04 Å². The number of aromatic amines is 1. The fourth-order valence-electron chi connectivity index (χ4n) is 3.32. The third-order valence-electron chi connectivity index (χ3n) is 4.64. The Bertz CT molecular complexity index is 862. The van der Waals surface area contributed by atoms with E-state index in [4.69, 9.17) is 0 Å². The minimum absolute atomic E-state index is 0.0857.